The molecule has 2 aromatic heterocycles. The van der Waals surface area contributed by atoms with Crippen LogP contribution in [0.25, 0.3) is 0 Å². The Bertz CT molecular complexity index is 881. The summed E-state index contributed by atoms with van der Waals surface area (Å²) in [5.41, 5.74) is 2.76. The van der Waals surface area contributed by atoms with Crippen LogP contribution in [0.1, 0.15) is 16.7 Å². The summed E-state index contributed by atoms with van der Waals surface area (Å²) in [6.07, 6.45) is 4.75. The number of hydrogen-bond donors (Lipinski definition) is 1. The van der Waals surface area contributed by atoms with Crippen LogP contribution in [0.2, 0.25) is 0 Å². The molecule has 2 heterocycles. The molecule has 0 saturated carbocycles. The number of H-pyrrole nitrogens is 1. The van der Waals surface area contributed by atoms with E-state index >= 15 is 0 Å². The highest BCUT2D eigenvalue weighted by atomic mass is 32.2. The molecule has 0 atom stereocenters. The Morgan fingerprint density at radius 3 is 2.72 bits per heavy atom. The van der Waals surface area contributed by atoms with Crippen molar-refractivity contribution in [2.24, 2.45) is 0 Å². The minimum Gasteiger partial charge on any atom is -0.481 e. The zero-order chi connectivity index (χ0) is 17.5. The zero-order valence-corrected chi connectivity index (χ0v) is 14.8. The van der Waals surface area contributed by atoms with Crippen LogP contribution in [0.3, 0.4) is 0 Å². The van der Waals surface area contributed by atoms with Gasteiger partial charge in [0.15, 0.2) is 5.16 Å². The van der Waals surface area contributed by atoms with E-state index in [1.165, 1.54) is 5.56 Å². The van der Waals surface area contributed by atoms with Crippen LogP contribution in [0.15, 0.2) is 64.8 Å². The van der Waals surface area contributed by atoms with Crippen molar-refractivity contribution in [3.63, 3.8) is 0 Å². The van der Waals surface area contributed by atoms with Crippen LogP contribution < -0.4 is 10.3 Å². The molecule has 1 aromatic carbocycles. The number of thioether (sulfide) groups is 1. The van der Waals surface area contributed by atoms with Crippen molar-refractivity contribution in [3.8, 4) is 5.88 Å². The first-order valence-electron chi connectivity index (χ1n) is 7.98. The molecular weight excluding hydrogens is 334 g/mol. The lowest BCUT2D eigenvalue weighted by molar-refractivity contribution is 0.397. The van der Waals surface area contributed by atoms with Gasteiger partial charge in [-0.05, 0) is 23.6 Å². The summed E-state index contributed by atoms with van der Waals surface area (Å²) in [6.45, 7) is 0. The molecule has 0 radical (unpaired) electrons. The molecule has 3 rings (SSSR count). The highest BCUT2D eigenvalue weighted by molar-refractivity contribution is 7.99. The van der Waals surface area contributed by atoms with Crippen LogP contribution >= 0.6 is 11.8 Å². The number of methoxy groups -OCH3 is 1. The van der Waals surface area contributed by atoms with Crippen molar-refractivity contribution >= 4 is 11.8 Å². The van der Waals surface area contributed by atoms with Gasteiger partial charge in [0.05, 0.1) is 7.11 Å². The van der Waals surface area contributed by atoms with E-state index < -0.39 is 0 Å². The van der Waals surface area contributed by atoms with E-state index in [0.29, 0.717) is 23.0 Å². The Hall–Kier alpha value is -2.60. The Morgan fingerprint density at radius 2 is 1.96 bits per heavy atom. The van der Waals surface area contributed by atoms with Gasteiger partial charge in [0, 0.05) is 36.2 Å². The summed E-state index contributed by atoms with van der Waals surface area (Å²) in [6, 6.07) is 14.0. The van der Waals surface area contributed by atoms with Gasteiger partial charge in [-0.1, -0.05) is 42.1 Å². The molecule has 0 spiro atoms. The van der Waals surface area contributed by atoms with E-state index in [2.05, 4.69) is 27.1 Å². The fourth-order valence-electron chi connectivity index (χ4n) is 2.41. The lowest BCUT2D eigenvalue weighted by atomic mass is 10.1. The van der Waals surface area contributed by atoms with E-state index in [-0.39, 0.29) is 5.56 Å². The average molecular weight is 353 g/mol. The van der Waals surface area contributed by atoms with Gasteiger partial charge in [0.25, 0.3) is 5.56 Å². The summed E-state index contributed by atoms with van der Waals surface area (Å²) >= 11 is 1.55. The normalized spacial score (nSPS) is 10.6. The van der Waals surface area contributed by atoms with Gasteiger partial charge < -0.3 is 9.72 Å². The second-order valence-electron chi connectivity index (χ2n) is 5.51. The first-order valence-corrected chi connectivity index (χ1v) is 8.97. The molecule has 0 aliphatic carbocycles. The monoisotopic (exact) mass is 353 g/mol. The number of benzene rings is 1. The highest BCUT2D eigenvalue weighted by Crippen LogP contribution is 2.15. The third-order valence-electron chi connectivity index (χ3n) is 3.73. The molecule has 1 N–H and O–H groups in total. The molecule has 0 aliphatic heterocycles. The predicted molar refractivity (Wildman–Crippen MR) is 99.3 cm³/mol. The quantitative estimate of drug-likeness (QED) is 0.522. The summed E-state index contributed by atoms with van der Waals surface area (Å²) in [5, 5.41) is 0.650. The number of hydrogen-bond acceptors (Lipinski definition) is 5. The van der Waals surface area contributed by atoms with Crippen molar-refractivity contribution in [3.05, 3.63) is 81.9 Å². The first-order chi connectivity index (χ1) is 12.2. The Balaban J connectivity index is 1.61. The van der Waals surface area contributed by atoms with E-state index in [9.17, 15) is 4.79 Å². The third-order valence-corrected chi connectivity index (χ3v) is 4.61. The average Bonchev–Trinajstić information content (AvgIpc) is 2.65. The van der Waals surface area contributed by atoms with E-state index in [1.807, 2.05) is 30.3 Å². The molecule has 128 valence electrons. The minimum atomic E-state index is -0.104. The Labute approximate surface area is 150 Å². The molecule has 6 heteroatoms. The van der Waals surface area contributed by atoms with Gasteiger partial charge in [-0.3, -0.25) is 4.79 Å². The number of ether oxygens (including phenoxy) is 1. The maximum absolute atomic E-state index is 12.3. The number of pyridine rings is 1. The minimum absolute atomic E-state index is 0.104. The van der Waals surface area contributed by atoms with Crippen LogP contribution in [0, 0.1) is 0 Å². The van der Waals surface area contributed by atoms with Gasteiger partial charge >= 0.3 is 0 Å². The fraction of sp³-hybridized carbons (Fsp3) is 0.211. The largest absolute Gasteiger partial charge is 0.481 e. The van der Waals surface area contributed by atoms with Crippen molar-refractivity contribution in [1.29, 1.82) is 0 Å². The molecule has 0 aliphatic rings. The molecule has 0 saturated heterocycles. The van der Waals surface area contributed by atoms with Crippen molar-refractivity contribution in [2.75, 3.05) is 12.9 Å². The summed E-state index contributed by atoms with van der Waals surface area (Å²) < 4.78 is 5.11. The Kier molecular flexibility index (Phi) is 5.85. The lowest BCUT2D eigenvalue weighted by Gasteiger charge is -2.05. The van der Waals surface area contributed by atoms with Gasteiger partial charge in [-0.25, -0.2) is 9.97 Å². The van der Waals surface area contributed by atoms with Crippen LogP contribution in [-0.2, 0) is 12.8 Å². The fourth-order valence-corrected chi connectivity index (χ4v) is 3.23. The van der Waals surface area contributed by atoms with Crippen molar-refractivity contribution in [2.45, 2.75) is 18.0 Å². The van der Waals surface area contributed by atoms with Crippen LogP contribution in [0.5, 0.6) is 5.88 Å². The molecule has 3 aromatic rings. The molecular formula is C19H19N3O2S. The number of aromatic amines is 1. The van der Waals surface area contributed by atoms with E-state index in [1.54, 1.807) is 31.3 Å². The van der Waals surface area contributed by atoms with E-state index in [4.69, 9.17) is 4.74 Å². The number of rotatable bonds is 7. The smallest absolute Gasteiger partial charge is 0.255 e. The second-order valence-corrected chi connectivity index (χ2v) is 6.59. The van der Waals surface area contributed by atoms with Crippen LogP contribution in [0.4, 0.5) is 0 Å². The van der Waals surface area contributed by atoms with Gasteiger partial charge in [-0.2, -0.15) is 0 Å². The summed E-state index contributed by atoms with van der Waals surface area (Å²) in [7, 11) is 1.57. The molecule has 0 amide bonds. The third kappa shape index (κ3) is 4.93. The number of nitrogens with zero attached hydrogens (tertiary/aromatic N) is 2. The summed E-state index contributed by atoms with van der Waals surface area (Å²) in [5.74, 6) is 1.41. The van der Waals surface area contributed by atoms with Gasteiger partial charge in [0.1, 0.15) is 0 Å². The molecule has 25 heavy (non-hydrogen) atoms. The number of aromatic nitrogens is 3. The zero-order valence-electron chi connectivity index (χ0n) is 13.9. The van der Waals surface area contributed by atoms with Crippen LogP contribution in [-0.4, -0.2) is 27.8 Å². The second kappa shape index (κ2) is 8.48. The lowest BCUT2D eigenvalue weighted by Crippen LogP contribution is -2.15. The number of nitrogens with one attached hydrogen (secondary N) is 1. The first kappa shape index (κ1) is 17.2. The van der Waals surface area contributed by atoms with Crippen molar-refractivity contribution < 1.29 is 4.74 Å². The van der Waals surface area contributed by atoms with E-state index in [0.717, 1.165) is 17.7 Å². The Morgan fingerprint density at radius 1 is 1.12 bits per heavy atom. The topological polar surface area (TPSA) is 67.9 Å². The maximum atomic E-state index is 12.3. The highest BCUT2D eigenvalue weighted by Gasteiger charge is 2.06. The molecule has 5 nitrogen and oxygen atoms in total. The summed E-state index contributed by atoms with van der Waals surface area (Å²) in [4.78, 5) is 23.6. The van der Waals surface area contributed by atoms with Gasteiger partial charge in [0.2, 0.25) is 5.88 Å². The predicted octanol–water partition coefficient (Wildman–Crippen LogP) is 3.10. The van der Waals surface area contributed by atoms with Gasteiger partial charge in [-0.15, -0.1) is 0 Å². The molecule has 0 bridgehead atoms. The maximum Gasteiger partial charge on any atom is 0.255 e. The number of aryl methyl sites for hydroxylation is 1. The molecule has 0 fully saturated rings. The molecule has 0 unspecified atom stereocenters. The standard InChI is InChI=1S/C19H19N3O2S/c1-24-17-12-15(7-9-20-17)11-16-13-21-19(22-18(16)23)25-10-8-14-5-3-2-4-6-14/h2-7,9,12-13H,8,10-11H2,1H3,(H,21,22,23). The SMILES string of the molecule is COc1cc(Cc2cnc(SCCc3ccccc3)[nH]c2=O)ccn1. The van der Waals surface area contributed by atoms with Crippen molar-refractivity contribution in [1.82, 2.24) is 15.0 Å².